The lowest BCUT2D eigenvalue weighted by Crippen LogP contribution is -2.47. The smallest absolute Gasteiger partial charge is 0.222 e. The van der Waals surface area contributed by atoms with Crippen LogP contribution in [0.4, 0.5) is 0 Å². The number of amides is 2. The molecule has 2 bridgehead atoms. The number of hydrogen-bond donors (Lipinski definition) is 2. The van der Waals surface area contributed by atoms with Crippen molar-refractivity contribution in [3.63, 3.8) is 0 Å². The maximum atomic E-state index is 12.0. The summed E-state index contributed by atoms with van der Waals surface area (Å²) in [4.78, 5) is 22.6. The zero-order valence-electron chi connectivity index (χ0n) is 13.4. The van der Waals surface area contributed by atoms with E-state index in [1.165, 1.54) is 12.8 Å². The molecule has 3 N–H and O–H groups in total. The molecule has 0 heterocycles. The molecule has 0 spiro atoms. The molecule has 2 fully saturated rings. The predicted molar refractivity (Wildman–Crippen MR) is 80.4 cm³/mol. The van der Waals surface area contributed by atoms with Crippen molar-refractivity contribution in [2.75, 3.05) is 13.2 Å². The summed E-state index contributed by atoms with van der Waals surface area (Å²) in [5.41, 5.74) is 5.54. The minimum atomic E-state index is -0.378. The number of hydrogen-bond acceptors (Lipinski definition) is 3. The Kier molecular flexibility index (Phi) is 4.61. The molecule has 0 radical (unpaired) electrons. The van der Waals surface area contributed by atoms with Crippen LogP contribution in [0.1, 0.15) is 52.9 Å². The maximum Gasteiger partial charge on any atom is 0.222 e. The maximum absolute atomic E-state index is 12.0. The lowest BCUT2D eigenvalue weighted by Gasteiger charge is -2.39. The van der Waals surface area contributed by atoms with Gasteiger partial charge in [-0.25, -0.2) is 0 Å². The van der Waals surface area contributed by atoms with Crippen LogP contribution in [0.2, 0.25) is 0 Å². The first-order valence-corrected chi connectivity index (χ1v) is 7.93. The first-order valence-electron chi connectivity index (χ1n) is 7.93. The third-order valence-corrected chi connectivity index (χ3v) is 6.10. The lowest BCUT2D eigenvalue weighted by molar-refractivity contribution is -0.124. The Morgan fingerprint density at radius 3 is 2.43 bits per heavy atom. The van der Waals surface area contributed by atoms with Gasteiger partial charge in [-0.15, -0.1) is 0 Å². The number of primary amides is 1. The Bertz CT molecular complexity index is 422. The van der Waals surface area contributed by atoms with Gasteiger partial charge < -0.3 is 15.8 Å². The van der Waals surface area contributed by atoms with Gasteiger partial charge in [-0.1, -0.05) is 20.8 Å². The topological polar surface area (TPSA) is 81.4 Å². The van der Waals surface area contributed by atoms with Crippen LogP contribution in [-0.4, -0.2) is 31.1 Å². The molecule has 21 heavy (non-hydrogen) atoms. The zero-order chi connectivity index (χ0) is 15.7. The van der Waals surface area contributed by atoms with Crippen molar-refractivity contribution in [3.05, 3.63) is 0 Å². The Hall–Kier alpha value is -1.10. The lowest BCUT2D eigenvalue weighted by atomic mass is 9.69. The highest BCUT2D eigenvalue weighted by Gasteiger charge is 2.61. The molecule has 0 saturated heterocycles. The van der Waals surface area contributed by atoms with Crippen molar-refractivity contribution in [2.45, 2.75) is 58.9 Å². The number of fused-ring (bicyclic) bond motifs is 2. The van der Waals surface area contributed by atoms with Gasteiger partial charge in [-0.3, -0.25) is 9.59 Å². The average Bonchev–Trinajstić information content (AvgIpc) is 2.71. The van der Waals surface area contributed by atoms with Gasteiger partial charge in [0.1, 0.15) is 0 Å². The van der Waals surface area contributed by atoms with Crippen molar-refractivity contribution in [1.82, 2.24) is 5.32 Å². The summed E-state index contributed by atoms with van der Waals surface area (Å²) in [6.45, 7) is 7.62. The molecule has 5 heteroatoms. The van der Waals surface area contributed by atoms with E-state index in [0.29, 0.717) is 25.0 Å². The summed E-state index contributed by atoms with van der Waals surface area (Å²) in [5.74, 6) is 0.389. The van der Waals surface area contributed by atoms with E-state index in [0.717, 1.165) is 12.3 Å². The number of nitrogens with two attached hydrogens (primary N) is 1. The monoisotopic (exact) mass is 296 g/mol. The zero-order valence-corrected chi connectivity index (χ0v) is 13.4. The van der Waals surface area contributed by atoms with Gasteiger partial charge in [-0.05, 0) is 36.0 Å². The van der Waals surface area contributed by atoms with Crippen molar-refractivity contribution in [1.29, 1.82) is 0 Å². The Morgan fingerprint density at radius 1 is 1.24 bits per heavy atom. The van der Waals surface area contributed by atoms with Gasteiger partial charge >= 0.3 is 0 Å². The van der Waals surface area contributed by atoms with Crippen LogP contribution < -0.4 is 11.1 Å². The molecule has 2 amide bonds. The van der Waals surface area contributed by atoms with Gasteiger partial charge in [0.2, 0.25) is 11.8 Å². The minimum Gasteiger partial charge on any atom is -0.380 e. The number of carbonyl (C=O) groups is 2. The molecular weight excluding hydrogens is 268 g/mol. The first kappa shape index (κ1) is 16.3. The van der Waals surface area contributed by atoms with E-state index >= 15 is 0 Å². The van der Waals surface area contributed by atoms with Gasteiger partial charge in [0.05, 0.1) is 13.2 Å². The molecule has 5 nitrogen and oxygen atoms in total. The molecule has 2 aliphatic carbocycles. The largest absolute Gasteiger partial charge is 0.380 e. The van der Waals surface area contributed by atoms with Crippen molar-refractivity contribution < 1.29 is 14.3 Å². The molecule has 2 rings (SSSR count). The minimum absolute atomic E-state index is 0.0450. The van der Waals surface area contributed by atoms with Crippen LogP contribution in [0.15, 0.2) is 0 Å². The van der Waals surface area contributed by atoms with Crippen LogP contribution in [0.25, 0.3) is 0 Å². The number of ether oxygens (including phenoxy) is 1. The van der Waals surface area contributed by atoms with Crippen LogP contribution in [0.3, 0.4) is 0 Å². The summed E-state index contributed by atoms with van der Waals surface area (Å²) in [7, 11) is 0. The van der Waals surface area contributed by atoms with E-state index in [1.807, 2.05) is 0 Å². The van der Waals surface area contributed by atoms with Crippen LogP contribution in [0, 0.1) is 16.7 Å². The van der Waals surface area contributed by atoms with E-state index < -0.39 is 0 Å². The van der Waals surface area contributed by atoms with E-state index in [-0.39, 0.29) is 29.7 Å². The molecule has 2 aliphatic rings. The van der Waals surface area contributed by atoms with Crippen LogP contribution in [-0.2, 0) is 14.3 Å². The van der Waals surface area contributed by atoms with E-state index in [4.69, 9.17) is 10.5 Å². The summed E-state index contributed by atoms with van der Waals surface area (Å²) in [6, 6.07) is 0.282. The second kappa shape index (κ2) is 5.95. The fourth-order valence-electron chi connectivity index (χ4n) is 4.13. The highest BCUT2D eigenvalue weighted by Crippen LogP contribution is 2.65. The summed E-state index contributed by atoms with van der Waals surface area (Å²) < 4.78 is 5.25. The third-order valence-electron chi connectivity index (χ3n) is 6.10. The Morgan fingerprint density at radius 2 is 1.90 bits per heavy atom. The van der Waals surface area contributed by atoms with E-state index in [1.54, 1.807) is 0 Å². The van der Waals surface area contributed by atoms with Crippen molar-refractivity contribution in [3.8, 4) is 0 Å². The Labute approximate surface area is 127 Å². The fraction of sp³-hybridized carbons (Fsp3) is 0.875. The van der Waals surface area contributed by atoms with Crippen molar-refractivity contribution >= 4 is 11.8 Å². The van der Waals surface area contributed by atoms with Gasteiger partial charge in [0.25, 0.3) is 0 Å². The molecule has 0 aromatic carbocycles. The normalized spacial score (nSPS) is 33.1. The molecule has 0 aromatic rings. The van der Waals surface area contributed by atoms with Crippen LogP contribution in [0.5, 0.6) is 0 Å². The summed E-state index contributed by atoms with van der Waals surface area (Å²) in [5, 5.41) is 3.20. The van der Waals surface area contributed by atoms with E-state index in [2.05, 4.69) is 26.1 Å². The quantitative estimate of drug-likeness (QED) is 0.700. The molecule has 0 aromatic heterocycles. The summed E-state index contributed by atoms with van der Waals surface area (Å²) in [6.07, 6.45) is 4.13. The number of carbonyl (C=O) groups excluding carboxylic acids is 2. The van der Waals surface area contributed by atoms with Crippen LogP contribution >= 0.6 is 0 Å². The van der Waals surface area contributed by atoms with Gasteiger partial charge in [-0.2, -0.15) is 0 Å². The van der Waals surface area contributed by atoms with Gasteiger partial charge in [0.15, 0.2) is 0 Å². The highest BCUT2D eigenvalue weighted by atomic mass is 16.5. The molecule has 3 atom stereocenters. The standard InChI is InChI=1S/C16H28N2O3/c1-15(2)11-4-7-16(15,3)12(10-11)18-14(20)6-9-21-8-5-13(17)19/h11-12H,4-10H2,1-3H3,(H2,17,19)(H,18,20)/t11-,12-,16-/m1/s1. The predicted octanol–water partition coefficient (Wildman–Crippen LogP) is 1.60. The molecule has 2 saturated carbocycles. The average molecular weight is 296 g/mol. The molecule has 0 unspecified atom stereocenters. The Balaban J connectivity index is 1.73. The molecule has 0 aliphatic heterocycles. The number of nitrogens with one attached hydrogen (secondary N) is 1. The number of rotatable bonds is 7. The summed E-state index contributed by atoms with van der Waals surface area (Å²) >= 11 is 0. The molecule has 120 valence electrons. The second-order valence-corrected chi connectivity index (χ2v) is 7.31. The fourth-order valence-corrected chi connectivity index (χ4v) is 4.13. The van der Waals surface area contributed by atoms with Crippen molar-refractivity contribution in [2.24, 2.45) is 22.5 Å². The second-order valence-electron chi connectivity index (χ2n) is 7.31. The SMILES string of the molecule is CC1(C)[C@@H]2CC[C@]1(C)[C@H](NC(=O)CCOCCC(N)=O)C2. The first-order chi connectivity index (χ1) is 9.77. The highest BCUT2D eigenvalue weighted by molar-refractivity contribution is 5.76. The molecular formula is C16H28N2O3. The van der Waals surface area contributed by atoms with Gasteiger partial charge in [0, 0.05) is 18.9 Å². The van der Waals surface area contributed by atoms with E-state index in [9.17, 15) is 9.59 Å². The third kappa shape index (κ3) is 3.07.